The summed E-state index contributed by atoms with van der Waals surface area (Å²) in [6.45, 7) is 8.23. The first-order valence-electron chi connectivity index (χ1n) is 6.42. The molecule has 1 N–H and O–H groups in total. The van der Waals surface area contributed by atoms with Crippen molar-refractivity contribution in [3.63, 3.8) is 0 Å². The molecule has 2 aromatic rings. The van der Waals surface area contributed by atoms with Gasteiger partial charge in [0.15, 0.2) is 0 Å². The Labute approximate surface area is 112 Å². The van der Waals surface area contributed by atoms with Crippen molar-refractivity contribution in [3.05, 3.63) is 34.3 Å². The topological polar surface area (TPSA) is 42.7 Å². The van der Waals surface area contributed by atoms with Gasteiger partial charge in [-0.15, -0.1) is 11.3 Å². The molecule has 2 heterocycles. The normalized spacial score (nSPS) is 12.8. The van der Waals surface area contributed by atoms with E-state index in [1.54, 1.807) is 11.3 Å². The lowest BCUT2D eigenvalue weighted by Gasteiger charge is -2.17. The number of hydrogen-bond donors (Lipinski definition) is 1. The molecule has 0 aromatic carbocycles. The van der Waals surface area contributed by atoms with Crippen LogP contribution in [0.2, 0.25) is 0 Å². The lowest BCUT2D eigenvalue weighted by molar-refractivity contribution is 0.536. The molecule has 0 aliphatic heterocycles. The molecule has 0 amide bonds. The minimum Gasteiger partial charge on any atom is -0.333 e. The van der Waals surface area contributed by atoms with E-state index in [2.05, 4.69) is 39.1 Å². The Morgan fingerprint density at radius 1 is 1.44 bits per heavy atom. The number of thiazole rings is 1. The third-order valence-corrected chi connectivity index (χ3v) is 3.60. The van der Waals surface area contributed by atoms with Crippen LogP contribution in [-0.2, 0) is 6.54 Å². The second-order valence-electron chi connectivity index (χ2n) is 4.26. The van der Waals surface area contributed by atoms with Gasteiger partial charge in [0, 0.05) is 24.3 Å². The SMILES string of the molecule is CCCn1ccnc1C(NCC)c1csc(C)n1. The van der Waals surface area contributed by atoms with Gasteiger partial charge < -0.3 is 9.88 Å². The van der Waals surface area contributed by atoms with Gasteiger partial charge in [-0.25, -0.2) is 9.97 Å². The van der Waals surface area contributed by atoms with E-state index in [1.165, 1.54) is 0 Å². The molecule has 4 nitrogen and oxygen atoms in total. The number of nitrogens with one attached hydrogen (secondary N) is 1. The van der Waals surface area contributed by atoms with Gasteiger partial charge in [0.25, 0.3) is 0 Å². The predicted octanol–water partition coefficient (Wildman–Crippen LogP) is 2.76. The van der Waals surface area contributed by atoms with Crippen LogP contribution in [0, 0.1) is 6.92 Å². The van der Waals surface area contributed by atoms with E-state index in [9.17, 15) is 0 Å². The maximum Gasteiger partial charge on any atom is 0.132 e. The Bertz CT molecular complexity index is 489. The van der Waals surface area contributed by atoms with E-state index in [0.29, 0.717) is 0 Å². The zero-order valence-corrected chi connectivity index (χ0v) is 12.0. The van der Waals surface area contributed by atoms with E-state index < -0.39 is 0 Å². The fourth-order valence-corrected chi connectivity index (χ4v) is 2.69. The summed E-state index contributed by atoms with van der Waals surface area (Å²) in [6.07, 6.45) is 5.02. The number of imidazole rings is 1. The number of aromatic nitrogens is 3. The monoisotopic (exact) mass is 264 g/mol. The molecule has 0 fully saturated rings. The van der Waals surface area contributed by atoms with Gasteiger partial charge >= 0.3 is 0 Å². The van der Waals surface area contributed by atoms with Gasteiger partial charge in [0.1, 0.15) is 11.9 Å². The Hall–Kier alpha value is -1.20. The highest BCUT2D eigenvalue weighted by Gasteiger charge is 2.20. The lowest BCUT2D eigenvalue weighted by atomic mass is 10.2. The highest BCUT2D eigenvalue weighted by Crippen LogP contribution is 2.22. The van der Waals surface area contributed by atoms with E-state index in [1.807, 2.05) is 19.3 Å². The number of aryl methyl sites for hydroxylation is 2. The molecule has 98 valence electrons. The van der Waals surface area contributed by atoms with Crippen molar-refractivity contribution in [1.29, 1.82) is 0 Å². The molecule has 0 aliphatic rings. The average Bonchev–Trinajstić information content (AvgIpc) is 2.96. The average molecular weight is 264 g/mol. The van der Waals surface area contributed by atoms with Gasteiger partial charge in [-0.1, -0.05) is 13.8 Å². The molecule has 0 saturated carbocycles. The van der Waals surface area contributed by atoms with Crippen molar-refractivity contribution in [3.8, 4) is 0 Å². The summed E-state index contributed by atoms with van der Waals surface area (Å²) in [7, 11) is 0. The van der Waals surface area contributed by atoms with Crippen LogP contribution in [0.15, 0.2) is 17.8 Å². The number of nitrogens with zero attached hydrogens (tertiary/aromatic N) is 3. The zero-order valence-electron chi connectivity index (χ0n) is 11.2. The maximum absolute atomic E-state index is 4.59. The maximum atomic E-state index is 4.59. The molecule has 0 saturated heterocycles. The molecule has 2 aromatic heterocycles. The largest absolute Gasteiger partial charge is 0.333 e. The van der Waals surface area contributed by atoms with Crippen molar-refractivity contribution in [2.75, 3.05) is 6.54 Å². The minimum absolute atomic E-state index is 0.0986. The minimum atomic E-state index is 0.0986. The zero-order chi connectivity index (χ0) is 13.0. The van der Waals surface area contributed by atoms with Crippen LogP contribution in [0.1, 0.15) is 42.8 Å². The molecule has 2 rings (SSSR count). The third-order valence-electron chi connectivity index (χ3n) is 2.81. The predicted molar refractivity (Wildman–Crippen MR) is 74.9 cm³/mol. The highest BCUT2D eigenvalue weighted by atomic mass is 32.1. The van der Waals surface area contributed by atoms with Crippen LogP contribution in [0.25, 0.3) is 0 Å². The van der Waals surface area contributed by atoms with Gasteiger partial charge in [0.2, 0.25) is 0 Å². The summed E-state index contributed by atoms with van der Waals surface area (Å²) in [5.41, 5.74) is 1.07. The smallest absolute Gasteiger partial charge is 0.132 e. The van der Waals surface area contributed by atoms with Gasteiger partial charge in [0.05, 0.1) is 10.7 Å². The van der Waals surface area contributed by atoms with Gasteiger partial charge in [-0.3, -0.25) is 0 Å². The molecule has 18 heavy (non-hydrogen) atoms. The molecule has 0 bridgehead atoms. The Morgan fingerprint density at radius 3 is 2.89 bits per heavy atom. The summed E-state index contributed by atoms with van der Waals surface area (Å²) >= 11 is 1.69. The summed E-state index contributed by atoms with van der Waals surface area (Å²) in [5.74, 6) is 1.06. The Kier molecular flexibility index (Phi) is 4.49. The third kappa shape index (κ3) is 2.79. The van der Waals surface area contributed by atoms with E-state index >= 15 is 0 Å². The van der Waals surface area contributed by atoms with Gasteiger partial charge in [-0.2, -0.15) is 0 Å². The first kappa shape index (κ1) is 13.2. The Balaban J connectivity index is 2.31. The van der Waals surface area contributed by atoms with Crippen LogP contribution in [0.5, 0.6) is 0 Å². The van der Waals surface area contributed by atoms with Crippen LogP contribution >= 0.6 is 11.3 Å². The summed E-state index contributed by atoms with van der Waals surface area (Å²) in [5, 5.41) is 6.69. The highest BCUT2D eigenvalue weighted by molar-refractivity contribution is 7.09. The second-order valence-corrected chi connectivity index (χ2v) is 5.32. The quantitative estimate of drug-likeness (QED) is 0.872. The standard InChI is InChI=1S/C13H20N4S/c1-4-7-17-8-6-15-13(17)12(14-5-2)11-9-18-10(3)16-11/h6,8-9,12,14H,4-5,7H2,1-3H3. The second kappa shape index (κ2) is 6.11. The van der Waals surface area contributed by atoms with Gasteiger partial charge in [-0.05, 0) is 19.9 Å². The Morgan fingerprint density at radius 2 is 2.28 bits per heavy atom. The van der Waals surface area contributed by atoms with E-state index in [-0.39, 0.29) is 6.04 Å². The summed E-state index contributed by atoms with van der Waals surface area (Å²) in [4.78, 5) is 9.09. The van der Waals surface area contributed by atoms with Crippen molar-refractivity contribution in [2.45, 2.75) is 39.8 Å². The summed E-state index contributed by atoms with van der Waals surface area (Å²) in [6, 6.07) is 0.0986. The van der Waals surface area contributed by atoms with Crippen LogP contribution in [0.4, 0.5) is 0 Å². The number of hydrogen-bond acceptors (Lipinski definition) is 4. The summed E-state index contributed by atoms with van der Waals surface area (Å²) < 4.78 is 2.21. The first-order valence-corrected chi connectivity index (χ1v) is 7.30. The molecular weight excluding hydrogens is 244 g/mol. The fourth-order valence-electron chi connectivity index (χ4n) is 2.06. The molecule has 1 atom stereocenters. The van der Waals surface area contributed by atoms with Crippen LogP contribution in [0.3, 0.4) is 0 Å². The molecule has 0 radical (unpaired) electrons. The molecule has 5 heteroatoms. The molecular formula is C13H20N4S. The number of rotatable bonds is 6. The lowest BCUT2D eigenvalue weighted by Crippen LogP contribution is -2.25. The molecule has 0 aliphatic carbocycles. The van der Waals surface area contributed by atoms with E-state index in [0.717, 1.165) is 36.0 Å². The fraction of sp³-hybridized carbons (Fsp3) is 0.538. The molecule has 0 spiro atoms. The first-order chi connectivity index (χ1) is 8.76. The van der Waals surface area contributed by atoms with Crippen molar-refractivity contribution < 1.29 is 0 Å². The van der Waals surface area contributed by atoms with Crippen molar-refractivity contribution in [1.82, 2.24) is 19.9 Å². The van der Waals surface area contributed by atoms with Crippen molar-refractivity contribution >= 4 is 11.3 Å². The van der Waals surface area contributed by atoms with E-state index in [4.69, 9.17) is 0 Å². The van der Waals surface area contributed by atoms with Crippen molar-refractivity contribution in [2.24, 2.45) is 0 Å². The van der Waals surface area contributed by atoms with Crippen LogP contribution < -0.4 is 5.32 Å². The molecule has 1 unspecified atom stereocenters. The van der Waals surface area contributed by atoms with Crippen LogP contribution in [-0.4, -0.2) is 21.1 Å².